The highest BCUT2D eigenvalue weighted by atomic mass is 16.3. The summed E-state index contributed by atoms with van der Waals surface area (Å²) in [4.78, 5) is 0. The molecule has 0 aliphatic heterocycles. The summed E-state index contributed by atoms with van der Waals surface area (Å²) in [6.07, 6.45) is 1.96. The Labute approximate surface area is 114 Å². The Morgan fingerprint density at radius 3 is 2.63 bits per heavy atom. The second-order valence-electron chi connectivity index (χ2n) is 5.51. The number of nitrogens with one attached hydrogen (secondary N) is 1. The molecule has 2 N–H and O–H groups in total. The van der Waals surface area contributed by atoms with Gasteiger partial charge in [0, 0.05) is 31.3 Å². The number of benzene rings is 1. The average molecular weight is 259 g/mol. The first-order valence-electron chi connectivity index (χ1n) is 6.52. The lowest BCUT2D eigenvalue weighted by Gasteiger charge is -2.21. The summed E-state index contributed by atoms with van der Waals surface area (Å²) in [7, 11) is 0. The Kier molecular flexibility index (Phi) is 4.35. The molecule has 2 rings (SSSR count). The first-order valence-corrected chi connectivity index (χ1v) is 6.52. The number of hydrogen-bond acceptors (Lipinski definition) is 3. The van der Waals surface area contributed by atoms with E-state index < -0.39 is 0 Å². The van der Waals surface area contributed by atoms with E-state index in [1.807, 2.05) is 61.1 Å². The molecule has 0 bridgehead atoms. The number of aliphatic hydroxyl groups excluding tert-OH is 1. The highest BCUT2D eigenvalue weighted by Crippen LogP contribution is 2.12. The van der Waals surface area contributed by atoms with E-state index in [2.05, 4.69) is 10.4 Å². The smallest absolute Gasteiger partial charge is 0.0766 e. The number of hydrogen-bond donors (Lipinski definition) is 2. The molecular weight excluding hydrogens is 238 g/mol. The van der Waals surface area contributed by atoms with Gasteiger partial charge in [-0.25, -0.2) is 4.68 Å². The molecule has 0 aliphatic carbocycles. The Hall–Kier alpha value is -1.65. The normalized spacial score (nSPS) is 11.7. The number of aliphatic hydroxyl groups is 1. The standard InChI is InChI=1S/C15H21N3O/c1-15(2,12-19)11-16-10-13-8-9-18(17-13)14-6-4-3-5-7-14/h3-9,16,19H,10-12H2,1-2H3. The highest BCUT2D eigenvalue weighted by Gasteiger charge is 2.15. The van der Waals surface area contributed by atoms with E-state index >= 15 is 0 Å². The van der Waals surface area contributed by atoms with E-state index in [4.69, 9.17) is 0 Å². The predicted octanol–water partition coefficient (Wildman–Crippen LogP) is 1.98. The molecule has 4 heteroatoms. The highest BCUT2D eigenvalue weighted by molar-refractivity contribution is 5.30. The van der Waals surface area contributed by atoms with Gasteiger partial charge in [-0.2, -0.15) is 5.10 Å². The molecule has 1 aromatic carbocycles. The number of rotatable bonds is 6. The van der Waals surface area contributed by atoms with Crippen molar-refractivity contribution in [2.75, 3.05) is 13.2 Å². The van der Waals surface area contributed by atoms with E-state index in [0.717, 1.165) is 17.9 Å². The zero-order chi connectivity index (χ0) is 13.7. The molecular formula is C15H21N3O. The van der Waals surface area contributed by atoms with E-state index in [9.17, 15) is 5.11 Å². The minimum Gasteiger partial charge on any atom is -0.396 e. The van der Waals surface area contributed by atoms with E-state index in [1.54, 1.807) is 0 Å². The van der Waals surface area contributed by atoms with Gasteiger partial charge in [0.1, 0.15) is 0 Å². The van der Waals surface area contributed by atoms with Crippen molar-refractivity contribution in [1.29, 1.82) is 0 Å². The Morgan fingerprint density at radius 2 is 1.95 bits per heavy atom. The summed E-state index contributed by atoms with van der Waals surface area (Å²) >= 11 is 0. The van der Waals surface area contributed by atoms with Gasteiger partial charge in [-0.1, -0.05) is 32.0 Å². The fourth-order valence-electron chi connectivity index (χ4n) is 1.77. The third-order valence-electron chi connectivity index (χ3n) is 3.00. The Bertz CT molecular complexity index is 505. The second kappa shape index (κ2) is 5.99. The summed E-state index contributed by atoms with van der Waals surface area (Å²) in [6, 6.07) is 12.0. The van der Waals surface area contributed by atoms with Crippen LogP contribution in [-0.2, 0) is 6.54 Å². The van der Waals surface area contributed by atoms with Crippen LogP contribution in [0.1, 0.15) is 19.5 Å². The van der Waals surface area contributed by atoms with Gasteiger partial charge in [0.05, 0.1) is 11.4 Å². The van der Waals surface area contributed by atoms with Gasteiger partial charge in [-0.15, -0.1) is 0 Å². The van der Waals surface area contributed by atoms with Crippen LogP contribution in [0.15, 0.2) is 42.6 Å². The van der Waals surface area contributed by atoms with Crippen molar-refractivity contribution in [3.63, 3.8) is 0 Å². The molecule has 102 valence electrons. The van der Waals surface area contributed by atoms with Crippen molar-refractivity contribution in [3.05, 3.63) is 48.3 Å². The van der Waals surface area contributed by atoms with Crippen molar-refractivity contribution >= 4 is 0 Å². The van der Waals surface area contributed by atoms with Crippen LogP contribution in [0.4, 0.5) is 0 Å². The quantitative estimate of drug-likeness (QED) is 0.834. The summed E-state index contributed by atoms with van der Waals surface area (Å²) in [5.41, 5.74) is 1.96. The number of para-hydroxylation sites is 1. The van der Waals surface area contributed by atoms with Gasteiger partial charge in [-0.3, -0.25) is 0 Å². The van der Waals surface area contributed by atoms with Gasteiger partial charge in [0.15, 0.2) is 0 Å². The van der Waals surface area contributed by atoms with E-state index in [-0.39, 0.29) is 12.0 Å². The lowest BCUT2D eigenvalue weighted by molar-refractivity contribution is 0.156. The van der Waals surface area contributed by atoms with Crippen LogP contribution in [0, 0.1) is 5.41 Å². The summed E-state index contributed by atoms with van der Waals surface area (Å²) < 4.78 is 1.87. The molecule has 0 aliphatic rings. The number of aromatic nitrogens is 2. The molecule has 2 aromatic rings. The summed E-state index contributed by atoms with van der Waals surface area (Å²) in [6.45, 7) is 5.72. The fourth-order valence-corrected chi connectivity index (χ4v) is 1.77. The number of nitrogens with zero attached hydrogens (tertiary/aromatic N) is 2. The maximum absolute atomic E-state index is 9.18. The molecule has 4 nitrogen and oxygen atoms in total. The Balaban J connectivity index is 1.92. The lowest BCUT2D eigenvalue weighted by atomic mass is 9.95. The van der Waals surface area contributed by atoms with Crippen LogP contribution in [-0.4, -0.2) is 28.0 Å². The molecule has 19 heavy (non-hydrogen) atoms. The molecule has 1 aromatic heterocycles. The largest absolute Gasteiger partial charge is 0.396 e. The van der Waals surface area contributed by atoms with Gasteiger partial charge in [0.25, 0.3) is 0 Å². The maximum atomic E-state index is 9.18. The van der Waals surface area contributed by atoms with Gasteiger partial charge in [-0.05, 0) is 18.2 Å². The van der Waals surface area contributed by atoms with Crippen LogP contribution in [0.3, 0.4) is 0 Å². The third-order valence-corrected chi connectivity index (χ3v) is 3.00. The van der Waals surface area contributed by atoms with E-state index in [0.29, 0.717) is 6.54 Å². The van der Waals surface area contributed by atoms with E-state index in [1.165, 1.54) is 0 Å². The molecule has 0 atom stereocenters. The third kappa shape index (κ3) is 3.91. The first kappa shape index (κ1) is 13.8. The van der Waals surface area contributed by atoms with Gasteiger partial charge < -0.3 is 10.4 Å². The van der Waals surface area contributed by atoms with Crippen molar-refractivity contribution in [1.82, 2.24) is 15.1 Å². The van der Waals surface area contributed by atoms with Crippen LogP contribution in [0.5, 0.6) is 0 Å². The SMILES string of the molecule is CC(C)(CO)CNCc1ccn(-c2ccccc2)n1. The van der Waals surface area contributed by atoms with Crippen LogP contribution in [0.25, 0.3) is 5.69 Å². The summed E-state index contributed by atoms with van der Waals surface area (Å²) in [5, 5.41) is 17.0. The molecule has 0 radical (unpaired) electrons. The molecule has 1 heterocycles. The average Bonchev–Trinajstić information content (AvgIpc) is 2.88. The molecule has 0 fully saturated rings. The van der Waals surface area contributed by atoms with Crippen molar-refractivity contribution in [3.8, 4) is 5.69 Å². The second-order valence-corrected chi connectivity index (χ2v) is 5.51. The minimum atomic E-state index is -0.0952. The monoisotopic (exact) mass is 259 g/mol. The fraction of sp³-hybridized carbons (Fsp3) is 0.400. The lowest BCUT2D eigenvalue weighted by Crippen LogP contribution is -2.32. The molecule has 0 unspecified atom stereocenters. The van der Waals surface area contributed by atoms with Crippen LogP contribution >= 0.6 is 0 Å². The topological polar surface area (TPSA) is 50.1 Å². The zero-order valence-electron chi connectivity index (χ0n) is 11.5. The summed E-state index contributed by atoms with van der Waals surface area (Å²) in [5.74, 6) is 0. The first-order chi connectivity index (χ1) is 9.11. The van der Waals surface area contributed by atoms with Crippen LogP contribution < -0.4 is 5.32 Å². The van der Waals surface area contributed by atoms with Gasteiger partial charge in [0.2, 0.25) is 0 Å². The van der Waals surface area contributed by atoms with Crippen molar-refractivity contribution < 1.29 is 5.11 Å². The zero-order valence-corrected chi connectivity index (χ0v) is 11.5. The van der Waals surface area contributed by atoms with Gasteiger partial charge >= 0.3 is 0 Å². The molecule has 0 saturated heterocycles. The molecule has 0 saturated carbocycles. The van der Waals surface area contributed by atoms with Crippen molar-refractivity contribution in [2.45, 2.75) is 20.4 Å². The molecule has 0 spiro atoms. The molecule has 0 amide bonds. The predicted molar refractivity (Wildman–Crippen MR) is 76.1 cm³/mol. The minimum absolute atomic E-state index is 0.0952. The Morgan fingerprint density at radius 1 is 1.21 bits per heavy atom. The van der Waals surface area contributed by atoms with Crippen molar-refractivity contribution in [2.24, 2.45) is 5.41 Å². The van der Waals surface area contributed by atoms with Crippen LogP contribution in [0.2, 0.25) is 0 Å². The maximum Gasteiger partial charge on any atom is 0.0766 e.